The predicted molar refractivity (Wildman–Crippen MR) is 104 cm³/mol. The highest BCUT2D eigenvalue weighted by Gasteiger charge is 2.38. The number of benzene rings is 1. The normalized spacial score (nSPS) is 36.3. The lowest BCUT2D eigenvalue weighted by Gasteiger charge is -2.29. The van der Waals surface area contributed by atoms with Crippen molar-refractivity contribution in [3.8, 4) is 0 Å². The molecule has 0 amide bonds. The molecule has 0 aliphatic carbocycles. The van der Waals surface area contributed by atoms with Gasteiger partial charge in [0, 0.05) is 30.2 Å². The van der Waals surface area contributed by atoms with Crippen LogP contribution in [0.5, 0.6) is 0 Å². The molecule has 0 saturated carbocycles. The Morgan fingerprint density at radius 2 is 1.46 bits per heavy atom. The van der Waals surface area contributed by atoms with Crippen LogP contribution in [-0.2, 0) is 6.16 Å². The summed E-state index contributed by atoms with van der Waals surface area (Å²) in [5, 5.41) is 30.7. The first-order valence-electron chi connectivity index (χ1n) is 9.14. The molecule has 1 aromatic rings. The summed E-state index contributed by atoms with van der Waals surface area (Å²) < 4.78 is 0. The molecule has 2 aliphatic rings. The van der Waals surface area contributed by atoms with Gasteiger partial charge in [-0.2, -0.15) is 0 Å². The molecule has 5 atom stereocenters. The third-order valence-corrected chi connectivity index (χ3v) is 12.6. The van der Waals surface area contributed by atoms with E-state index in [1.54, 1.807) is 0 Å². The molecule has 2 fully saturated rings. The van der Waals surface area contributed by atoms with Crippen LogP contribution in [0.25, 0.3) is 0 Å². The molecule has 3 nitrogen and oxygen atoms in total. The highest BCUT2D eigenvalue weighted by atomic mass is 31.1. The summed E-state index contributed by atoms with van der Waals surface area (Å²) in [5.41, 5.74) is 3.30. The van der Waals surface area contributed by atoms with Gasteiger partial charge in [0.1, 0.15) is 0 Å². The van der Waals surface area contributed by atoms with Crippen LogP contribution in [0.1, 0.15) is 38.2 Å². The van der Waals surface area contributed by atoms with Crippen LogP contribution in [0.4, 0.5) is 0 Å². The van der Waals surface area contributed by atoms with Gasteiger partial charge >= 0.3 is 0 Å². The molecule has 0 radical (unpaired) electrons. The monoisotopic (exact) mass is 368 g/mol. The molecule has 0 spiro atoms. The molecule has 1 aromatic carbocycles. The van der Waals surface area contributed by atoms with Gasteiger partial charge in [0.05, 0.1) is 6.61 Å². The Morgan fingerprint density at radius 3 is 2.08 bits per heavy atom. The van der Waals surface area contributed by atoms with Gasteiger partial charge in [-0.05, 0) is 48.4 Å². The summed E-state index contributed by atoms with van der Waals surface area (Å²) in [6.07, 6.45) is 5.50. The van der Waals surface area contributed by atoms with Crippen molar-refractivity contribution in [3.63, 3.8) is 0 Å². The largest absolute Gasteiger partial charge is 0.396 e. The number of aliphatic hydroxyl groups excluding tert-OH is 3. The minimum absolute atomic E-state index is 0.259. The van der Waals surface area contributed by atoms with E-state index in [9.17, 15) is 15.3 Å². The maximum Gasteiger partial charge on any atom is 0.0501 e. The lowest BCUT2D eigenvalue weighted by Crippen LogP contribution is -2.21. The van der Waals surface area contributed by atoms with E-state index in [1.807, 2.05) is 0 Å². The second-order valence-corrected chi connectivity index (χ2v) is 12.9. The molecule has 0 aromatic heterocycles. The fraction of sp³-hybridized carbons (Fsp3) is 0.684. The molecule has 2 heterocycles. The number of aliphatic hydroxyl groups is 3. The van der Waals surface area contributed by atoms with Crippen molar-refractivity contribution >= 4 is 21.1 Å². The smallest absolute Gasteiger partial charge is 0.0501 e. The molecule has 5 heteroatoms. The van der Waals surface area contributed by atoms with Gasteiger partial charge in [-0.25, -0.2) is 0 Å². The van der Waals surface area contributed by atoms with E-state index in [-0.39, 0.29) is 29.1 Å². The fourth-order valence-corrected chi connectivity index (χ4v) is 11.1. The van der Waals surface area contributed by atoms with Crippen molar-refractivity contribution in [2.45, 2.75) is 61.4 Å². The van der Waals surface area contributed by atoms with Crippen LogP contribution in [0, 0.1) is 0 Å². The molecular weight excluding hydrogens is 338 g/mol. The van der Waals surface area contributed by atoms with Crippen LogP contribution < -0.4 is 5.30 Å². The molecule has 24 heavy (non-hydrogen) atoms. The summed E-state index contributed by atoms with van der Waals surface area (Å²) in [6.45, 7) is 3.16. The van der Waals surface area contributed by atoms with Gasteiger partial charge in [0.15, 0.2) is 0 Å². The van der Waals surface area contributed by atoms with Crippen molar-refractivity contribution in [2.24, 2.45) is 0 Å². The van der Waals surface area contributed by atoms with Gasteiger partial charge < -0.3 is 15.3 Å². The number of rotatable bonds is 6. The van der Waals surface area contributed by atoms with Gasteiger partial charge in [-0.15, -0.1) is 0 Å². The molecular formula is C19H30O3P2. The lowest BCUT2D eigenvalue weighted by molar-refractivity contribution is 0.284. The summed E-state index contributed by atoms with van der Waals surface area (Å²) in [5.74, 6) is 0. The molecule has 134 valence electrons. The van der Waals surface area contributed by atoms with E-state index in [4.69, 9.17) is 0 Å². The molecule has 2 saturated heterocycles. The second-order valence-electron chi connectivity index (χ2n) is 7.22. The third kappa shape index (κ3) is 3.71. The topological polar surface area (TPSA) is 60.7 Å². The summed E-state index contributed by atoms with van der Waals surface area (Å²) in [7, 11) is -0.672. The third-order valence-electron chi connectivity index (χ3n) is 5.81. The molecule has 3 N–H and O–H groups in total. The van der Waals surface area contributed by atoms with Crippen molar-refractivity contribution in [2.75, 3.05) is 19.8 Å². The zero-order chi connectivity index (χ0) is 17.1. The lowest BCUT2D eigenvalue weighted by atomic mass is 10.2. The van der Waals surface area contributed by atoms with Crippen LogP contribution in [0.2, 0.25) is 0 Å². The molecule has 5 unspecified atom stereocenters. The van der Waals surface area contributed by atoms with Gasteiger partial charge in [0.25, 0.3) is 0 Å². The summed E-state index contributed by atoms with van der Waals surface area (Å²) in [6, 6.07) is 8.78. The Kier molecular flexibility index (Phi) is 6.69. The Labute approximate surface area is 148 Å². The molecule has 2 aliphatic heterocycles. The summed E-state index contributed by atoms with van der Waals surface area (Å²) in [4.78, 5) is 0. The molecule has 3 rings (SSSR count). The zero-order valence-electron chi connectivity index (χ0n) is 14.5. The van der Waals surface area contributed by atoms with Crippen molar-refractivity contribution < 1.29 is 15.3 Å². The number of hydrogen-bond acceptors (Lipinski definition) is 3. The SMILES string of the molecule is CC1CCC(CO)P1c1ccccc1CP1C(CO)CCC1CO. The van der Waals surface area contributed by atoms with Crippen LogP contribution in [0.3, 0.4) is 0 Å². The zero-order valence-corrected chi connectivity index (χ0v) is 16.3. The van der Waals surface area contributed by atoms with E-state index in [1.165, 1.54) is 17.3 Å². The van der Waals surface area contributed by atoms with Gasteiger partial charge in [0.2, 0.25) is 0 Å². The predicted octanol–water partition coefficient (Wildman–Crippen LogP) is 2.83. The first-order chi connectivity index (χ1) is 11.7. The van der Waals surface area contributed by atoms with E-state index >= 15 is 0 Å². The van der Waals surface area contributed by atoms with E-state index in [2.05, 4.69) is 31.2 Å². The van der Waals surface area contributed by atoms with Gasteiger partial charge in [-0.1, -0.05) is 47.0 Å². The molecule has 0 bridgehead atoms. The van der Waals surface area contributed by atoms with Crippen molar-refractivity contribution in [1.29, 1.82) is 0 Å². The van der Waals surface area contributed by atoms with Crippen molar-refractivity contribution in [1.82, 2.24) is 0 Å². The van der Waals surface area contributed by atoms with E-state index < -0.39 is 0 Å². The highest BCUT2D eigenvalue weighted by molar-refractivity contribution is 7.67. The Balaban J connectivity index is 1.86. The first kappa shape index (κ1) is 18.7. The van der Waals surface area contributed by atoms with Crippen LogP contribution in [0.15, 0.2) is 24.3 Å². The standard InChI is InChI=1S/C19H30O3P2/c1-14-6-7-18(12-22)24(14)19-5-3-2-4-15(19)13-23-16(10-20)8-9-17(23)11-21/h2-5,14,16-18,20-22H,6-13H2,1H3. The Morgan fingerprint density at radius 1 is 0.875 bits per heavy atom. The highest BCUT2D eigenvalue weighted by Crippen LogP contribution is 2.59. The van der Waals surface area contributed by atoms with Gasteiger partial charge in [-0.3, -0.25) is 0 Å². The maximum absolute atomic E-state index is 9.81. The quantitative estimate of drug-likeness (QED) is 0.677. The Hall–Kier alpha value is -0.0400. The minimum atomic E-state index is -0.364. The second kappa shape index (κ2) is 8.56. The number of hydrogen-bond donors (Lipinski definition) is 3. The fourth-order valence-electron chi connectivity index (χ4n) is 4.44. The summed E-state index contributed by atoms with van der Waals surface area (Å²) >= 11 is 0. The van der Waals surface area contributed by atoms with E-state index in [0.717, 1.165) is 25.4 Å². The maximum atomic E-state index is 9.81. The van der Waals surface area contributed by atoms with Crippen LogP contribution in [-0.4, -0.2) is 57.8 Å². The van der Waals surface area contributed by atoms with Crippen LogP contribution >= 0.6 is 15.8 Å². The average molecular weight is 368 g/mol. The minimum Gasteiger partial charge on any atom is -0.396 e. The average Bonchev–Trinajstić information content (AvgIpc) is 3.18. The first-order valence-corrected chi connectivity index (χ1v) is 12.3. The van der Waals surface area contributed by atoms with Crippen molar-refractivity contribution in [3.05, 3.63) is 29.8 Å². The Bertz CT molecular complexity index is 527. The van der Waals surface area contributed by atoms with E-state index in [0.29, 0.717) is 29.2 Å².